The molecule has 1 fully saturated rings. The van der Waals surface area contributed by atoms with Crippen LogP contribution in [0.4, 0.5) is 0 Å². The van der Waals surface area contributed by atoms with Crippen LogP contribution >= 0.6 is 0 Å². The molecule has 0 radical (unpaired) electrons. The molecule has 0 aromatic heterocycles. The van der Waals surface area contributed by atoms with E-state index in [-0.39, 0.29) is 11.9 Å². The second-order valence-corrected chi connectivity index (χ2v) is 4.20. The van der Waals surface area contributed by atoms with Gasteiger partial charge in [0.05, 0.1) is 6.04 Å². The lowest BCUT2D eigenvalue weighted by atomic mass is 10.0. The van der Waals surface area contributed by atoms with Gasteiger partial charge in [-0.3, -0.25) is 4.79 Å². The average molecular weight is 255 g/mol. The Morgan fingerprint density at radius 3 is 2.17 bits per heavy atom. The van der Waals surface area contributed by atoms with E-state index in [1.807, 2.05) is 47.6 Å². The number of nitrogens with one attached hydrogen (secondary N) is 1. The van der Waals surface area contributed by atoms with E-state index in [0.717, 1.165) is 11.3 Å². The van der Waals surface area contributed by atoms with Crippen LogP contribution in [0.1, 0.15) is 55.4 Å². The summed E-state index contributed by atoms with van der Waals surface area (Å²) in [6.45, 7) is 19.1. The molecule has 1 rings (SSSR count). The van der Waals surface area contributed by atoms with Gasteiger partial charge in [0.15, 0.2) is 5.60 Å². The van der Waals surface area contributed by atoms with Crippen LogP contribution in [0.25, 0.3) is 0 Å². The van der Waals surface area contributed by atoms with Crippen LogP contribution in [0.2, 0.25) is 0 Å². The van der Waals surface area contributed by atoms with Crippen molar-refractivity contribution in [3.63, 3.8) is 0 Å². The summed E-state index contributed by atoms with van der Waals surface area (Å²) in [5.41, 5.74) is 0.132. The second-order valence-electron chi connectivity index (χ2n) is 4.20. The molecule has 1 aliphatic heterocycles. The highest BCUT2D eigenvalue weighted by atomic mass is 16.5. The van der Waals surface area contributed by atoms with Crippen LogP contribution in [-0.2, 0) is 9.53 Å². The van der Waals surface area contributed by atoms with Crippen molar-refractivity contribution in [3.05, 3.63) is 24.0 Å². The van der Waals surface area contributed by atoms with Gasteiger partial charge >= 0.3 is 0 Å². The first-order chi connectivity index (χ1) is 8.33. The van der Waals surface area contributed by atoms with Gasteiger partial charge in [0.25, 0.3) is 5.91 Å². The van der Waals surface area contributed by atoms with Crippen molar-refractivity contribution in [2.75, 3.05) is 0 Å². The molecule has 1 atom stereocenters. The van der Waals surface area contributed by atoms with E-state index in [9.17, 15) is 4.79 Å². The van der Waals surface area contributed by atoms with Gasteiger partial charge in [0, 0.05) is 0 Å². The quantitative estimate of drug-likeness (QED) is 0.773. The van der Waals surface area contributed by atoms with E-state index < -0.39 is 5.60 Å². The highest BCUT2D eigenvalue weighted by Crippen LogP contribution is 2.23. The van der Waals surface area contributed by atoms with Crippen LogP contribution in [-0.4, -0.2) is 17.6 Å². The summed E-state index contributed by atoms with van der Waals surface area (Å²) in [6, 6.07) is -0.0766. The summed E-state index contributed by atoms with van der Waals surface area (Å²) in [4.78, 5) is 11.5. The van der Waals surface area contributed by atoms with Gasteiger partial charge in [0.2, 0.25) is 0 Å². The minimum atomic E-state index is -0.784. The lowest BCUT2D eigenvalue weighted by molar-refractivity contribution is -0.144. The molecule has 1 N–H and O–H groups in total. The first kappa shape index (κ1) is 19.1. The Kier molecular flexibility index (Phi) is 9.32. The van der Waals surface area contributed by atoms with Crippen LogP contribution in [0.5, 0.6) is 0 Å². The molecule has 0 bridgehead atoms. The Morgan fingerprint density at radius 2 is 1.78 bits per heavy atom. The Hall–Kier alpha value is -1.25. The van der Waals surface area contributed by atoms with Gasteiger partial charge in [-0.05, 0) is 33.8 Å². The van der Waals surface area contributed by atoms with Crippen molar-refractivity contribution in [2.45, 2.75) is 67.0 Å². The zero-order valence-corrected chi connectivity index (χ0v) is 13.2. The average Bonchev–Trinajstić information content (AvgIpc) is 2.30. The first-order valence-electron chi connectivity index (χ1n) is 6.70. The molecule has 3 nitrogen and oxygen atoms in total. The fourth-order valence-electron chi connectivity index (χ4n) is 1.27. The largest absolute Gasteiger partial charge is 0.480 e. The number of allylic oxidation sites excluding steroid dienone is 2. The molecule has 1 saturated heterocycles. The molecule has 18 heavy (non-hydrogen) atoms. The van der Waals surface area contributed by atoms with Crippen LogP contribution in [0.3, 0.4) is 0 Å². The third kappa shape index (κ3) is 5.89. The van der Waals surface area contributed by atoms with Gasteiger partial charge in [-0.15, -0.1) is 0 Å². The molecule has 0 spiro atoms. The molecule has 0 aromatic carbocycles. The molecule has 106 valence electrons. The monoisotopic (exact) mass is 255 g/mol. The molecule has 1 unspecified atom stereocenters. The summed E-state index contributed by atoms with van der Waals surface area (Å²) in [5, 5.41) is 2.85. The molecule has 3 heteroatoms. The third-order valence-electron chi connectivity index (χ3n) is 2.08. The lowest BCUT2D eigenvalue weighted by Gasteiger charge is -2.35. The molecular formula is C15H29NO2. The predicted octanol–water partition coefficient (Wildman–Crippen LogP) is 3.81. The van der Waals surface area contributed by atoms with E-state index in [0.29, 0.717) is 0 Å². The second kappa shape index (κ2) is 8.78. The number of rotatable bonds is 1. The van der Waals surface area contributed by atoms with Gasteiger partial charge in [-0.25, -0.2) is 0 Å². The summed E-state index contributed by atoms with van der Waals surface area (Å²) in [5.74, 6) is 0.686. The highest BCUT2D eigenvalue weighted by molar-refractivity contribution is 5.85. The first-order valence-corrected chi connectivity index (χ1v) is 6.70. The van der Waals surface area contributed by atoms with Gasteiger partial charge in [0.1, 0.15) is 5.76 Å². The fourth-order valence-corrected chi connectivity index (χ4v) is 1.27. The summed E-state index contributed by atoms with van der Waals surface area (Å²) < 4.78 is 5.60. The standard InChI is InChI=1S/C11H17NO2.2C2H6/c1-7(2)6-9-8(3)12-10(13)11(4,5)14-9;2*1-2/h6,8H,1H2,2-5H3,(H,12,13);2*1-2H3/b9-6+;;. The Bertz CT molecular complexity index is 304. The van der Waals surface area contributed by atoms with Crippen LogP contribution in [0, 0.1) is 0 Å². The molecule has 0 aromatic rings. The minimum Gasteiger partial charge on any atom is -0.480 e. The number of hydrogen-bond donors (Lipinski definition) is 1. The summed E-state index contributed by atoms with van der Waals surface area (Å²) in [6.07, 6.45) is 1.85. The molecule has 1 aliphatic rings. The summed E-state index contributed by atoms with van der Waals surface area (Å²) >= 11 is 0. The predicted molar refractivity (Wildman–Crippen MR) is 78.4 cm³/mol. The van der Waals surface area contributed by atoms with Crippen LogP contribution in [0.15, 0.2) is 24.0 Å². The lowest BCUT2D eigenvalue weighted by Crippen LogP contribution is -2.54. The van der Waals surface area contributed by atoms with Crippen LogP contribution < -0.4 is 5.32 Å². The number of ether oxygens (including phenoxy) is 1. The number of hydrogen-bond acceptors (Lipinski definition) is 2. The fraction of sp³-hybridized carbons (Fsp3) is 0.667. The normalized spacial score (nSPS) is 22.6. The Morgan fingerprint density at radius 1 is 1.33 bits per heavy atom. The maximum Gasteiger partial charge on any atom is 0.264 e. The molecule has 0 saturated carbocycles. The van der Waals surface area contributed by atoms with Crippen molar-refractivity contribution >= 4 is 5.91 Å². The molecular weight excluding hydrogens is 226 g/mol. The summed E-state index contributed by atoms with van der Waals surface area (Å²) in [7, 11) is 0. The van der Waals surface area contributed by atoms with E-state index >= 15 is 0 Å². The van der Waals surface area contributed by atoms with E-state index in [2.05, 4.69) is 11.9 Å². The van der Waals surface area contributed by atoms with Crippen molar-refractivity contribution in [2.24, 2.45) is 0 Å². The molecule has 1 amide bonds. The molecule has 0 aliphatic carbocycles. The van der Waals surface area contributed by atoms with Gasteiger partial charge in [-0.1, -0.05) is 39.8 Å². The van der Waals surface area contributed by atoms with Crippen molar-refractivity contribution in [1.29, 1.82) is 0 Å². The topological polar surface area (TPSA) is 38.3 Å². The van der Waals surface area contributed by atoms with Gasteiger partial charge in [-0.2, -0.15) is 0 Å². The van der Waals surface area contributed by atoms with E-state index in [1.165, 1.54) is 0 Å². The third-order valence-corrected chi connectivity index (χ3v) is 2.08. The molecule has 1 heterocycles. The van der Waals surface area contributed by atoms with E-state index in [4.69, 9.17) is 4.74 Å². The van der Waals surface area contributed by atoms with E-state index in [1.54, 1.807) is 13.8 Å². The number of amides is 1. The van der Waals surface area contributed by atoms with Gasteiger partial charge < -0.3 is 10.1 Å². The maximum absolute atomic E-state index is 11.5. The van der Waals surface area contributed by atoms with Crippen molar-refractivity contribution in [3.8, 4) is 0 Å². The number of carbonyl (C=O) groups is 1. The number of carbonyl (C=O) groups excluding carboxylic acids is 1. The highest BCUT2D eigenvalue weighted by Gasteiger charge is 2.37. The Labute approximate surface area is 112 Å². The Balaban J connectivity index is 0. The van der Waals surface area contributed by atoms with Crippen molar-refractivity contribution in [1.82, 2.24) is 5.32 Å². The van der Waals surface area contributed by atoms with Crippen molar-refractivity contribution < 1.29 is 9.53 Å². The smallest absolute Gasteiger partial charge is 0.264 e. The number of morpholine rings is 1. The zero-order valence-electron chi connectivity index (χ0n) is 13.2. The minimum absolute atomic E-state index is 0.0766. The zero-order chi connectivity index (χ0) is 14.9. The maximum atomic E-state index is 11.5. The SMILES string of the molecule is C=C(C)/C=C1/OC(C)(C)C(=O)NC1C.CC.CC.